The summed E-state index contributed by atoms with van der Waals surface area (Å²) in [7, 11) is 0. The van der Waals surface area contributed by atoms with Crippen LogP contribution in [0.1, 0.15) is 42.9 Å². The van der Waals surface area contributed by atoms with Gasteiger partial charge in [0.15, 0.2) is 0 Å². The topological polar surface area (TPSA) is 52.3 Å². The Morgan fingerprint density at radius 1 is 1.32 bits per heavy atom. The lowest BCUT2D eigenvalue weighted by atomic mass is 10.1. The van der Waals surface area contributed by atoms with E-state index in [0.29, 0.717) is 18.2 Å². The van der Waals surface area contributed by atoms with Crippen LogP contribution in [-0.4, -0.2) is 17.6 Å². The Balaban J connectivity index is 2.44. The Morgan fingerprint density at radius 3 is 2.58 bits per heavy atom. The van der Waals surface area contributed by atoms with Crippen LogP contribution in [0.25, 0.3) is 11.5 Å². The standard InChI is InChI=1S/C15H17NO3/c1-4-18-15(17)13-12(10(2)3)16-14(19-13)11-8-6-5-7-9-11/h5-10H,4H2,1-3H3. The summed E-state index contributed by atoms with van der Waals surface area (Å²) in [5, 5.41) is 0. The van der Waals surface area contributed by atoms with E-state index < -0.39 is 5.97 Å². The third kappa shape index (κ3) is 2.84. The summed E-state index contributed by atoms with van der Waals surface area (Å²) in [5.41, 5.74) is 1.48. The smallest absolute Gasteiger partial charge is 0.376 e. The zero-order chi connectivity index (χ0) is 13.8. The van der Waals surface area contributed by atoms with Crippen molar-refractivity contribution in [2.24, 2.45) is 0 Å². The highest BCUT2D eigenvalue weighted by atomic mass is 16.5. The summed E-state index contributed by atoms with van der Waals surface area (Å²) in [6.45, 7) is 6.02. The number of benzene rings is 1. The maximum atomic E-state index is 11.9. The molecule has 4 nitrogen and oxygen atoms in total. The summed E-state index contributed by atoms with van der Waals surface area (Å²) in [4.78, 5) is 16.3. The molecule has 1 aromatic heterocycles. The Kier molecular flexibility index (Phi) is 4.00. The molecule has 19 heavy (non-hydrogen) atoms. The number of hydrogen-bond donors (Lipinski definition) is 0. The van der Waals surface area contributed by atoms with Gasteiger partial charge in [0.1, 0.15) is 0 Å². The fourth-order valence-corrected chi connectivity index (χ4v) is 1.77. The van der Waals surface area contributed by atoms with Gasteiger partial charge >= 0.3 is 5.97 Å². The van der Waals surface area contributed by atoms with Crippen molar-refractivity contribution < 1.29 is 13.9 Å². The van der Waals surface area contributed by atoms with Crippen molar-refractivity contribution in [3.63, 3.8) is 0 Å². The minimum Gasteiger partial charge on any atom is -0.460 e. The Hall–Kier alpha value is -2.10. The predicted molar refractivity (Wildman–Crippen MR) is 72.0 cm³/mol. The Bertz CT molecular complexity index is 558. The number of rotatable bonds is 4. The van der Waals surface area contributed by atoms with Crippen molar-refractivity contribution >= 4 is 5.97 Å². The van der Waals surface area contributed by atoms with Crippen molar-refractivity contribution in [3.05, 3.63) is 41.8 Å². The number of hydrogen-bond acceptors (Lipinski definition) is 4. The fourth-order valence-electron chi connectivity index (χ4n) is 1.77. The van der Waals surface area contributed by atoms with Gasteiger partial charge in [0.25, 0.3) is 0 Å². The molecule has 0 aliphatic rings. The molecule has 0 saturated heterocycles. The lowest BCUT2D eigenvalue weighted by Crippen LogP contribution is -2.07. The van der Waals surface area contributed by atoms with E-state index in [0.717, 1.165) is 5.56 Å². The molecule has 0 spiro atoms. The van der Waals surface area contributed by atoms with Crippen LogP contribution in [0.15, 0.2) is 34.7 Å². The van der Waals surface area contributed by atoms with Gasteiger partial charge in [-0.25, -0.2) is 9.78 Å². The first-order chi connectivity index (χ1) is 9.13. The third-order valence-electron chi connectivity index (χ3n) is 2.68. The zero-order valence-electron chi connectivity index (χ0n) is 11.3. The van der Waals surface area contributed by atoms with Gasteiger partial charge < -0.3 is 9.15 Å². The number of nitrogens with zero attached hydrogens (tertiary/aromatic N) is 1. The maximum Gasteiger partial charge on any atom is 0.376 e. The Labute approximate surface area is 112 Å². The van der Waals surface area contributed by atoms with Gasteiger partial charge in [0, 0.05) is 5.56 Å². The molecule has 1 aromatic carbocycles. The minimum atomic E-state index is -0.458. The van der Waals surface area contributed by atoms with Crippen molar-refractivity contribution in [2.45, 2.75) is 26.7 Å². The van der Waals surface area contributed by atoms with Gasteiger partial charge in [0.05, 0.1) is 12.3 Å². The zero-order valence-corrected chi connectivity index (χ0v) is 11.3. The molecule has 0 atom stereocenters. The average Bonchev–Trinajstić information content (AvgIpc) is 2.85. The van der Waals surface area contributed by atoms with Crippen LogP contribution in [0.2, 0.25) is 0 Å². The second kappa shape index (κ2) is 5.69. The van der Waals surface area contributed by atoms with Crippen LogP contribution in [0.5, 0.6) is 0 Å². The highest BCUT2D eigenvalue weighted by Crippen LogP contribution is 2.26. The third-order valence-corrected chi connectivity index (χ3v) is 2.68. The van der Waals surface area contributed by atoms with Crippen molar-refractivity contribution in [2.75, 3.05) is 6.61 Å². The molecular formula is C15H17NO3. The molecule has 0 bridgehead atoms. The van der Waals surface area contributed by atoms with Crippen molar-refractivity contribution in [3.8, 4) is 11.5 Å². The quantitative estimate of drug-likeness (QED) is 0.786. The Morgan fingerprint density at radius 2 is 2.00 bits per heavy atom. The second-order valence-electron chi connectivity index (χ2n) is 4.47. The van der Waals surface area contributed by atoms with Gasteiger partial charge in [-0.2, -0.15) is 0 Å². The number of esters is 1. The van der Waals surface area contributed by atoms with Gasteiger partial charge in [-0.1, -0.05) is 32.0 Å². The first kappa shape index (κ1) is 13.3. The highest BCUT2D eigenvalue weighted by molar-refractivity contribution is 5.88. The van der Waals surface area contributed by atoms with Crippen LogP contribution >= 0.6 is 0 Å². The molecule has 0 saturated carbocycles. The van der Waals surface area contributed by atoms with E-state index in [-0.39, 0.29) is 11.7 Å². The summed E-state index contributed by atoms with van der Waals surface area (Å²) in [5.74, 6) is 0.296. The van der Waals surface area contributed by atoms with Gasteiger partial charge in [0.2, 0.25) is 11.7 Å². The molecule has 0 fully saturated rings. The lowest BCUT2D eigenvalue weighted by Gasteiger charge is -2.02. The average molecular weight is 259 g/mol. The van der Waals surface area contributed by atoms with Crippen molar-refractivity contribution in [1.82, 2.24) is 4.98 Å². The normalized spacial score (nSPS) is 10.7. The van der Waals surface area contributed by atoms with Crippen molar-refractivity contribution in [1.29, 1.82) is 0 Å². The molecule has 0 N–H and O–H groups in total. The second-order valence-corrected chi connectivity index (χ2v) is 4.47. The predicted octanol–water partition coefficient (Wildman–Crippen LogP) is 3.64. The van der Waals surface area contributed by atoms with E-state index in [2.05, 4.69) is 4.98 Å². The van der Waals surface area contributed by atoms with Crippen LogP contribution in [0.4, 0.5) is 0 Å². The lowest BCUT2D eigenvalue weighted by molar-refractivity contribution is 0.0488. The van der Waals surface area contributed by atoms with E-state index in [1.165, 1.54) is 0 Å². The molecule has 0 aliphatic heterocycles. The molecule has 100 valence electrons. The van der Waals surface area contributed by atoms with Crippen LogP contribution < -0.4 is 0 Å². The monoisotopic (exact) mass is 259 g/mol. The maximum absolute atomic E-state index is 11.9. The van der Waals surface area contributed by atoms with E-state index in [1.807, 2.05) is 44.2 Å². The largest absolute Gasteiger partial charge is 0.460 e. The molecule has 0 radical (unpaired) electrons. The highest BCUT2D eigenvalue weighted by Gasteiger charge is 2.23. The minimum absolute atomic E-state index is 0.0978. The molecule has 0 amide bonds. The summed E-state index contributed by atoms with van der Waals surface area (Å²) in [6.07, 6.45) is 0. The number of oxazole rings is 1. The van der Waals surface area contributed by atoms with Crippen LogP contribution in [-0.2, 0) is 4.74 Å². The summed E-state index contributed by atoms with van der Waals surface area (Å²) in [6, 6.07) is 9.51. The fraction of sp³-hybridized carbons (Fsp3) is 0.333. The number of ether oxygens (including phenoxy) is 1. The number of carbonyl (C=O) groups is 1. The number of carbonyl (C=O) groups excluding carboxylic acids is 1. The SMILES string of the molecule is CCOC(=O)c1oc(-c2ccccc2)nc1C(C)C. The summed E-state index contributed by atoms with van der Waals surface area (Å²) >= 11 is 0. The first-order valence-electron chi connectivity index (χ1n) is 6.36. The molecule has 0 aliphatic carbocycles. The molecule has 1 heterocycles. The molecule has 2 aromatic rings. The number of aromatic nitrogens is 1. The van der Waals surface area contributed by atoms with Gasteiger partial charge in [-0.3, -0.25) is 0 Å². The molecule has 2 rings (SSSR count). The van der Waals surface area contributed by atoms with Crippen LogP contribution in [0.3, 0.4) is 0 Å². The molecule has 4 heteroatoms. The van der Waals surface area contributed by atoms with Crippen LogP contribution in [0, 0.1) is 0 Å². The van der Waals surface area contributed by atoms with Gasteiger partial charge in [-0.05, 0) is 25.0 Å². The van der Waals surface area contributed by atoms with E-state index in [9.17, 15) is 4.79 Å². The van der Waals surface area contributed by atoms with E-state index in [1.54, 1.807) is 6.92 Å². The van der Waals surface area contributed by atoms with Gasteiger partial charge in [-0.15, -0.1) is 0 Å². The molecular weight excluding hydrogens is 242 g/mol. The summed E-state index contributed by atoms with van der Waals surface area (Å²) < 4.78 is 10.6. The molecule has 0 unspecified atom stereocenters. The van der Waals surface area contributed by atoms with E-state index >= 15 is 0 Å². The first-order valence-corrected chi connectivity index (χ1v) is 6.36. The van der Waals surface area contributed by atoms with E-state index in [4.69, 9.17) is 9.15 Å².